The third-order valence-corrected chi connectivity index (χ3v) is 7.23. The summed E-state index contributed by atoms with van der Waals surface area (Å²) in [7, 11) is -1.86. The molecule has 0 saturated carbocycles. The minimum atomic E-state index is -3.46. The first kappa shape index (κ1) is 25.1. The van der Waals surface area contributed by atoms with E-state index in [1.54, 1.807) is 31.3 Å². The third-order valence-electron chi connectivity index (χ3n) is 5.18. The molecule has 0 bridgehead atoms. The van der Waals surface area contributed by atoms with Crippen molar-refractivity contribution in [2.24, 2.45) is 10.7 Å². The fraction of sp³-hybridized carbons (Fsp3) is 0.632. The zero-order valence-electron chi connectivity index (χ0n) is 17.3. The number of likely N-dealkylation sites (tertiary alicyclic amines) is 1. The predicted molar refractivity (Wildman–Crippen MR) is 126 cm³/mol. The summed E-state index contributed by atoms with van der Waals surface area (Å²) in [4.78, 5) is 7.11. The number of aliphatic imine (C=N–C) groups is 1. The summed E-state index contributed by atoms with van der Waals surface area (Å²) in [6.07, 6.45) is 2.42. The van der Waals surface area contributed by atoms with E-state index in [9.17, 15) is 8.42 Å². The fourth-order valence-corrected chi connectivity index (χ4v) is 4.58. The van der Waals surface area contributed by atoms with Gasteiger partial charge in [-0.15, -0.1) is 24.0 Å². The lowest BCUT2D eigenvalue weighted by atomic mass is 10.2. The lowest BCUT2D eigenvalue weighted by Crippen LogP contribution is -2.42. The van der Waals surface area contributed by atoms with Crippen LogP contribution in [0, 0.1) is 0 Å². The summed E-state index contributed by atoms with van der Waals surface area (Å²) >= 11 is 0. The number of hydrogen-bond donors (Lipinski definition) is 2. The molecule has 7 nitrogen and oxygen atoms in total. The molecule has 9 heteroatoms. The molecule has 0 spiro atoms. The van der Waals surface area contributed by atoms with Gasteiger partial charge in [0.25, 0.3) is 0 Å². The van der Waals surface area contributed by atoms with Gasteiger partial charge in [-0.1, -0.05) is 19.1 Å². The van der Waals surface area contributed by atoms with Gasteiger partial charge in [-0.2, -0.15) is 4.31 Å². The molecule has 0 aromatic heterocycles. The molecule has 3 N–H and O–H groups in total. The molecule has 1 atom stereocenters. The molecule has 0 radical (unpaired) electrons. The number of nitrogens with zero attached hydrogens (tertiary/aromatic N) is 3. The quantitative estimate of drug-likeness (QED) is 0.310. The summed E-state index contributed by atoms with van der Waals surface area (Å²) in [5, 5.41) is 3.21. The molecule has 1 fully saturated rings. The van der Waals surface area contributed by atoms with Gasteiger partial charge in [0, 0.05) is 25.7 Å². The zero-order chi connectivity index (χ0) is 20.0. The lowest BCUT2D eigenvalue weighted by molar-refractivity contribution is 0.267. The summed E-state index contributed by atoms with van der Waals surface area (Å²) < 4.78 is 26.3. The molecule has 1 saturated heterocycles. The molecule has 28 heavy (non-hydrogen) atoms. The number of halogens is 1. The highest BCUT2D eigenvalue weighted by atomic mass is 127. The highest BCUT2D eigenvalue weighted by Gasteiger charge is 2.23. The SMILES string of the molecule is CCN1CCCC1CNC(N)=NCc1ccc(S(=O)(=O)N(C)C(C)C)cc1.I. The maximum atomic E-state index is 12.5. The van der Waals surface area contributed by atoms with Gasteiger partial charge in [0.15, 0.2) is 5.96 Å². The van der Waals surface area contributed by atoms with Crippen LogP contribution >= 0.6 is 24.0 Å². The Labute approximate surface area is 186 Å². The number of sulfonamides is 1. The molecule has 1 aliphatic heterocycles. The Morgan fingerprint density at radius 3 is 2.57 bits per heavy atom. The van der Waals surface area contributed by atoms with E-state index in [0.29, 0.717) is 23.4 Å². The zero-order valence-corrected chi connectivity index (χ0v) is 20.4. The second kappa shape index (κ2) is 11.3. The van der Waals surface area contributed by atoms with Gasteiger partial charge in [-0.25, -0.2) is 13.4 Å². The van der Waals surface area contributed by atoms with Gasteiger partial charge in [0.2, 0.25) is 10.0 Å². The maximum Gasteiger partial charge on any atom is 0.243 e. The smallest absolute Gasteiger partial charge is 0.243 e. The first-order chi connectivity index (χ1) is 12.8. The minimum absolute atomic E-state index is 0. The van der Waals surface area contributed by atoms with Crippen LogP contribution < -0.4 is 11.1 Å². The van der Waals surface area contributed by atoms with E-state index in [1.165, 1.54) is 17.1 Å². The van der Waals surface area contributed by atoms with Crippen molar-refractivity contribution in [1.82, 2.24) is 14.5 Å². The van der Waals surface area contributed by atoms with Crippen molar-refractivity contribution in [3.8, 4) is 0 Å². The molecule has 1 aromatic rings. The van der Waals surface area contributed by atoms with Crippen LogP contribution in [0.25, 0.3) is 0 Å². The van der Waals surface area contributed by atoms with Crippen LogP contribution in [-0.2, 0) is 16.6 Å². The molecule has 0 aliphatic carbocycles. The average Bonchev–Trinajstić information content (AvgIpc) is 3.11. The van der Waals surface area contributed by atoms with Crippen molar-refractivity contribution >= 4 is 40.0 Å². The Hall–Kier alpha value is -0.910. The Morgan fingerprint density at radius 2 is 2.00 bits per heavy atom. The Bertz CT molecular complexity index is 737. The Kier molecular flexibility index (Phi) is 10.2. The highest BCUT2D eigenvalue weighted by Crippen LogP contribution is 2.18. The predicted octanol–water partition coefficient (Wildman–Crippen LogP) is 2.22. The first-order valence-corrected chi connectivity index (χ1v) is 11.0. The fourth-order valence-electron chi connectivity index (χ4n) is 3.21. The molecule has 1 aliphatic rings. The van der Waals surface area contributed by atoms with Crippen molar-refractivity contribution in [3.63, 3.8) is 0 Å². The number of guanidine groups is 1. The van der Waals surface area contributed by atoms with E-state index in [-0.39, 0.29) is 30.0 Å². The van der Waals surface area contributed by atoms with E-state index in [0.717, 1.165) is 25.2 Å². The molecule has 160 valence electrons. The van der Waals surface area contributed by atoms with Gasteiger partial charge in [0.1, 0.15) is 0 Å². The molecular formula is C19H34IN5O2S. The number of hydrogen-bond acceptors (Lipinski definition) is 4. The Morgan fingerprint density at radius 1 is 1.36 bits per heavy atom. The lowest BCUT2D eigenvalue weighted by Gasteiger charge is -2.23. The second-order valence-corrected chi connectivity index (χ2v) is 9.26. The number of likely N-dealkylation sites (N-methyl/N-ethyl adjacent to an activating group) is 1. The van der Waals surface area contributed by atoms with Gasteiger partial charge in [-0.05, 0) is 57.5 Å². The Balaban J connectivity index is 0.00000392. The maximum absolute atomic E-state index is 12.5. The average molecular weight is 523 g/mol. The van der Waals surface area contributed by atoms with Crippen LogP contribution in [-0.4, -0.2) is 62.3 Å². The van der Waals surface area contributed by atoms with Crippen LogP contribution in [0.3, 0.4) is 0 Å². The third kappa shape index (κ3) is 6.57. The summed E-state index contributed by atoms with van der Waals surface area (Å²) in [6.45, 7) is 9.32. The number of rotatable bonds is 8. The summed E-state index contributed by atoms with van der Waals surface area (Å²) in [5.74, 6) is 0.425. The number of benzene rings is 1. The van der Waals surface area contributed by atoms with Crippen molar-refractivity contribution in [2.45, 2.75) is 57.1 Å². The molecule has 1 heterocycles. The molecule has 2 rings (SSSR count). The number of nitrogens with two attached hydrogens (primary N) is 1. The summed E-state index contributed by atoms with van der Waals surface area (Å²) in [6, 6.07) is 7.25. The van der Waals surface area contributed by atoms with E-state index in [4.69, 9.17) is 5.73 Å². The van der Waals surface area contributed by atoms with E-state index in [1.807, 2.05) is 13.8 Å². The van der Waals surface area contributed by atoms with Crippen LogP contribution in [0.15, 0.2) is 34.2 Å². The molecule has 1 aromatic carbocycles. The van der Waals surface area contributed by atoms with Gasteiger partial charge >= 0.3 is 0 Å². The second-order valence-electron chi connectivity index (χ2n) is 7.27. The normalized spacial score (nSPS) is 18.5. The van der Waals surface area contributed by atoms with Crippen molar-refractivity contribution < 1.29 is 8.42 Å². The van der Waals surface area contributed by atoms with Gasteiger partial charge in [0.05, 0.1) is 11.4 Å². The standard InChI is InChI=1S/C19H33N5O2S.HI/c1-5-24-12-6-7-17(24)14-22-19(20)21-13-16-8-10-18(11-9-16)27(25,26)23(4)15(2)3;/h8-11,15,17H,5-7,12-14H2,1-4H3,(H3,20,21,22);1H. The van der Waals surface area contributed by atoms with Crippen LogP contribution in [0.5, 0.6) is 0 Å². The molecular weight excluding hydrogens is 489 g/mol. The largest absolute Gasteiger partial charge is 0.370 e. The van der Waals surface area contributed by atoms with Crippen molar-refractivity contribution in [2.75, 3.05) is 26.7 Å². The highest BCUT2D eigenvalue weighted by molar-refractivity contribution is 14.0. The molecule has 0 amide bonds. The first-order valence-electron chi connectivity index (χ1n) is 9.60. The topological polar surface area (TPSA) is 91.0 Å². The van der Waals surface area contributed by atoms with Crippen LogP contribution in [0.2, 0.25) is 0 Å². The van der Waals surface area contributed by atoms with Gasteiger partial charge in [-0.3, -0.25) is 4.90 Å². The monoisotopic (exact) mass is 523 g/mol. The van der Waals surface area contributed by atoms with Crippen LogP contribution in [0.1, 0.15) is 39.2 Å². The van der Waals surface area contributed by atoms with E-state index >= 15 is 0 Å². The van der Waals surface area contributed by atoms with E-state index in [2.05, 4.69) is 22.1 Å². The molecule has 1 unspecified atom stereocenters. The van der Waals surface area contributed by atoms with Gasteiger partial charge < -0.3 is 11.1 Å². The number of nitrogens with one attached hydrogen (secondary N) is 1. The minimum Gasteiger partial charge on any atom is -0.370 e. The summed E-state index contributed by atoms with van der Waals surface area (Å²) in [5.41, 5.74) is 6.90. The van der Waals surface area contributed by atoms with Crippen molar-refractivity contribution in [1.29, 1.82) is 0 Å². The van der Waals surface area contributed by atoms with E-state index < -0.39 is 10.0 Å². The van der Waals surface area contributed by atoms with Crippen LogP contribution in [0.4, 0.5) is 0 Å². The van der Waals surface area contributed by atoms with Crippen molar-refractivity contribution in [3.05, 3.63) is 29.8 Å².